The third kappa shape index (κ3) is 0.988. The predicted octanol–water partition coefficient (Wildman–Crippen LogP) is 1.47. The van der Waals surface area contributed by atoms with E-state index < -0.39 is 0 Å². The first-order chi connectivity index (χ1) is 5.25. The van der Waals surface area contributed by atoms with Crippen molar-refractivity contribution >= 4 is 29.3 Å². The number of anilines is 1. The van der Waals surface area contributed by atoms with E-state index in [1.165, 1.54) is 0 Å². The third-order valence-electron chi connectivity index (χ3n) is 1.30. The van der Waals surface area contributed by atoms with Crippen molar-refractivity contribution in [2.45, 2.75) is 0 Å². The van der Waals surface area contributed by atoms with Gasteiger partial charge in [-0.2, -0.15) is 0 Å². The fraction of sp³-hybridized carbons (Fsp3) is 0. The van der Waals surface area contributed by atoms with Crippen molar-refractivity contribution < 1.29 is 4.42 Å². The molecule has 0 aliphatic rings. The Balaban J connectivity index is 2.92. The van der Waals surface area contributed by atoms with Crippen LogP contribution in [-0.4, -0.2) is 9.97 Å². The molecule has 0 saturated heterocycles. The van der Waals surface area contributed by atoms with Gasteiger partial charge in [0.15, 0.2) is 11.2 Å². The van der Waals surface area contributed by atoms with Crippen LogP contribution in [0.1, 0.15) is 0 Å². The van der Waals surface area contributed by atoms with Crippen molar-refractivity contribution in [3.05, 3.63) is 17.0 Å². The molecule has 0 radical (unpaired) electrons. The molecule has 0 aliphatic carbocycles. The second-order valence-corrected chi connectivity index (χ2v) is 2.47. The lowest BCUT2D eigenvalue weighted by Crippen LogP contribution is -1.88. The topological polar surface area (TPSA) is 67.8 Å². The maximum absolute atomic E-state index is 5.43. The molecule has 11 heavy (non-hydrogen) atoms. The molecule has 0 atom stereocenters. The van der Waals surface area contributed by atoms with Gasteiger partial charge in [0.25, 0.3) is 4.84 Å². The molecule has 2 rings (SSSR count). The summed E-state index contributed by atoms with van der Waals surface area (Å²) in [6.07, 6.45) is 0. The number of nitrogen functional groups attached to an aromatic ring is 1. The molecule has 0 unspecified atom stereocenters. The second kappa shape index (κ2) is 2.06. The van der Waals surface area contributed by atoms with Crippen LogP contribution in [0.25, 0.3) is 11.2 Å². The number of nitrogens with two attached hydrogens (primary N) is 1. The average molecular weight is 167 g/mol. The Labute approximate surface area is 67.0 Å². The summed E-state index contributed by atoms with van der Waals surface area (Å²) in [5, 5.41) is 0. The van der Waals surface area contributed by atoms with Crippen molar-refractivity contribution in [2.75, 3.05) is 5.73 Å². The van der Waals surface area contributed by atoms with Gasteiger partial charge in [0.1, 0.15) is 5.82 Å². The minimum Gasteiger partial charge on any atom is -0.428 e. The maximum Gasteiger partial charge on any atom is 0.268 e. The lowest BCUT2D eigenvalue weighted by atomic mass is 10.4. The van der Waals surface area contributed by atoms with Gasteiger partial charge in [-0.05, 0) is 24.4 Å². The van der Waals surface area contributed by atoms with Crippen molar-refractivity contribution in [1.82, 2.24) is 9.97 Å². The number of nitrogens with zero attached hydrogens (tertiary/aromatic N) is 1. The summed E-state index contributed by atoms with van der Waals surface area (Å²) >= 11 is 4.75. The number of nitrogens with one attached hydrogen (secondary N) is 1. The zero-order valence-electron chi connectivity index (χ0n) is 5.50. The van der Waals surface area contributed by atoms with E-state index in [1.54, 1.807) is 12.1 Å². The van der Waals surface area contributed by atoms with Crippen LogP contribution < -0.4 is 5.73 Å². The normalized spacial score (nSPS) is 10.5. The third-order valence-corrected chi connectivity index (χ3v) is 1.49. The standard InChI is InChI=1S/C6H5N3OS/c7-4-2-1-3-5(8-4)9-6(11)10-3/h1-2H,(H3,7,8,9,11). The van der Waals surface area contributed by atoms with Gasteiger partial charge in [-0.3, -0.25) is 4.98 Å². The summed E-state index contributed by atoms with van der Waals surface area (Å²) in [5.74, 6) is 0.449. The Kier molecular flexibility index (Phi) is 1.19. The van der Waals surface area contributed by atoms with E-state index in [0.717, 1.165) is 0 Å². The van der Waals surface area contributed by atoms with Gasteiger partial charge in [0, 0.05) is 0 Å². The highest BCUT2D eigenvalue weighted by molar-refractivity contribution is 7.71. The molecule has 56 valence electrons. The van der Waals surface area contributed by atoms with Crippen LogP contribution in [-0.2, 0) is 0 Å². The first kappa shape index (κ1) is 6.36. The van der Waals surface area contributed by atoms with E-state index in [0.29, 0.717) is 21.9 Å². The Morgan fingerprint density at radius 3 is 3.18 bits per heavy atom. The van der Waals surface area contributed by atoms with Crippen LogP contribution in [0.4, 0.5) is 5.82 Å². The molecule has 5 heteroatoms. The van der Waals surface area contributed by atoms with Crippen molar-refractivity contribution in [2.24, 2.45) is 0 Å². The molecule has 0 bridgehead atoms. The molecule has 0 aromatic carbocycles. The van der Waals surface area contributed by atoms with E-state index in [1.807, 2.05) is 0 Å². The smallest absolute Gasteiger partial charge is 0.268 e. The van der Waals surface area contributed by atoms with Gasteiger partial charge in [-0.15, -0.1) is 0 Å². The average Bonchev–Trinajstić information content (AvgIpc) is 2.27. The van der Waals surface area contributed by atoms with Gasteiger partial charge >= 0.3 is 0 Å². The van der Waals surface area contributed by atoms with E-state index >= 15 is 0 Å². The first-order valence-electron chi connectivity index (χ1n) is 3.01. The molecule has 0 saturated carbocycles. The molecule has 0 amide bonds. The van der Waals surface area contributed by atoms with E-state index in [2.05, 4.69) is 9.97 Å². The summed E-state index contributed by atoms with van der Waals surface area (Å²) < 4.78 is 5.06. The summed E-state index contributed by atoms with van der Waals surface area (Å²) in [5.41, 5.74) is 6.65. The Morgan fingerprint density at radius 1 is 1.55 bits per heavy atom. The molecule has 3 N–H and O–H groups in total. The number of hydrogen-bond donors (Lipinski definition) is 2. The monoisotopic (exact) mass is 167 g/mol. The van der Waals surface area contributed by atoms with Crippen molar-refractivity contribution in [1.29, 1.82) is 0 Å². The highest BCUT2D eigenvalue weighted by Crippen LogP contribution is 2.11. The minimum absolute atomic E-state index is 0.318. The van der Waals surface area contributed by atoms with Gasteiger partial charge in [-0.1, -0.05) is 0 Å². The Hall–Kier alpha value is -1.36. The van der Waals surface area contributed by atoms with E-state index in [-0.39, 0.29) is 0 Å². The van der Waals surface area contributed by atoms with Crippen molar-refractivity contribution in [3.8, 4) is 0 Å². The van der Waals surface area contributed by atoms with Crippen LogP contribution in [0.5, 0.6) is 0 Å². The SMILES string of the molecule is Nc1ccc2oc(=S)[nH]c2n1. The van der Waals surface area contributed by atoms with Crippen LogP contribution in [0.3, 0.4) is 0 Å². The minimum atomic E-state index is 0.318. The maximum atomic E-state index is 5.43. The molecule has 0 spiro atoms. The first-order valence-corrected chi connectivity index (χ1v) is 3.42. The predicted molar refractivity (Wildman–Crippen MR) is 43.6 cm³/mol. The Bertz CT molecular complexity index is 444. The summed E-state index contributed by atoms with van der Waals surface area (Å²) in [6, 6.07) is 3.39. The van der Waals surface area contributed by atoms with Crippen LogP contribution in [0.2, 0.25) is 0 Å². The number of oxazole rings is 1. The summed E-state index contributed by atoms with van der Waals surface area (Å²) in [7, 11) is 0. The van der Waals surface area contributed by atoms with E-state index in [9.17, 15) is 0 Å². The van der Waals surface area contributed by atoms with Gasteiger partial charge in [-0.25, -0.2) is 4.98 Å². The number of pyridine rings is 1. The number of aromatic amines is 1. The molecule has 0 fully saturated rings. The molecular weight excluding hydrogens is 162 g/mol. The van der Waals surface area contributed by atoms with Crippen LogP contribution in [0.15, 0.2) is 16.5 Å². The second-order valence-electron chi connectivity index (χ2n) is 2.10. The summed E-state index contributed by atoms with van der Waals surface area (Å²) in [6.45, 7) is 0. The fourth-order valence-electron chi connectivity index (χ4n) is 0.855. The number of aromatic nitrogens is 2. The largest absolute Gasteiger partial charge is 0.428 e. The number of rotatable bonds is 0. The summed E-state index contributed by atoms with van der Waals surface area (Å²) in [4.78, 5) is 7.03. The lowest BCUT2D eigenvalue weighted by Gasteiger charge is -1.87. The van der Waals surface area contributed by atoms with E-state index in [4.69, 9.17) is 22.4 Å². The molecule has 4 nitrogen and oxygen atoms in total. The molecule has 2 aromatic rings. The van der Waals surface area contributed by atoms with Crippen molar-refractivity contribution in [3.63, 3.8) is 0 Å². The van der Waals surface area contributed by atoms with Gasteiger partial charge in [0.2, 0.25) is 0 Å². The van der Waals surface area contributed by atoms with Crippen LogP contribution >= 0.6 is 12.2 Å². The van der Waals surface area contributed by atoms with Gasteiger partial charge < -0.3 is 10.2 Å². The highest BCUT2D eigenvalue weighted by Gasteiger charge is 1.98. The van der Waals surface area contributed by atoms with Gasteiger partial charge in [0.05, 0.1) is 0 Å². The quantitative estimate of drug-likeness (QED) is 0.583. The lowest BCUT2D eigenvalue weighted by molar-refractivity contribution is 0.583. The zero-order valence-corrected chi connectivity index (χ0v) is 6.31. The highest BCUT2D eigenvalue weighted by atomic mass is 32.1. The van der Waals surface area contributed by atoms with Crippen LogP contribution in [0, 0.1) is 4.84 Å². The molecule has 0 aliphatic heterocycles. The fourth-order valence-corrected chi connectivity index (χ4v) is 1.04. The number of H-pyrrole nitrogens is 1. The molecule has 2 aromatic heterocycles. The Morgan fingerprint density at radius 2 is 2.36 bits per heavy atom. The molecular formula is C6H5N3OS. The zero-order chi connectivity index (χ0) is 7.84. The number of hydrogen-bond acceptors (Lipinski definition) is 4. The number of fused-ring (bicyclic) bond motifs is 1. The molecule has 2 heterocycles.